The number of piperidine rings is 1. The first kappa shape index (κ1) is 15.6. The van der Waals surface area contributed by atoms with Gasteiger partial charge in [0.25, 0.3) is 0 Å². The van der Waals surface area contributed by atoms with E-state index >= 15 is 0 Å². The van der Waals surface area contributed by atoms with E-state index in [2.05, 4.69) is 34.0 Å². The summed E-state index contributed by atoms with van der Waals surface area (Å²) in [6.45, 7) is 3.38. The van der Waals surface area contributed by atoms with Crippen molar-refractivity contribution in [3.63, 3.8) is 0 Å². The van der Waals surface area contributed by atoms with Gasteiger partial charge in [0.15, 0.2) is 5.82 Å². The molecule has 0 amide bonds. The Balaban J connectivity index is 1.74. The van der Waals surface area contributed by atoms with Gasteiger partial charge in [-0.25, -0.2) is 9.50 Å². The number of carbonyl (C=O) groups is 1. The molecule has 0 saturated carbocycles. The fourth-order valence-electron chi connectivity index (χ4n) is 3.47. The Hall–Kier alpha value is -2.89. The van der Waals surface area contributed by atoms with Gasteiger partial charge in [-0.2, -0.15) is 5.10 Å². The first-order chi connectivity index (χ1) is 12.1. The van der Waals surface area contributed by atoms with Crippen molar-refractivity contribution in [2.45, 2.75) is 19.8 Å². The van der Waals surface area contributed by atoms with E-state index in [0.717, 1.165) is 42.0 Å². The lowest BCUT2D eigenvalue weighted by atomic mass is 9.98. The minimum absolute atomic E-state index is 0.338. The Bertz CT molecular complexity index is 934. The number of carboxylic acids is 1. The van der Waals surface area contributed by atoms with Crippen LogP contribution in [0.1, 0.15) is 18.4 Å². The summed E-state index contributed by atoms with van der Waals surface area (Å²) in [6.07, 6.45) is 5.14. The predicted molar refractivity (Wildman–Crippen MR) is 95.7 cm³/mol. The van der Waals surface area contributed by atoms with Crippen LogP contribution in [0.4, 0.5) is 5.82 Å². The Morgan fingerprint density at radius 2 is 2.20 bits per heavy atom. The third-order valence-corrected chi connectivity index (χ3v) is 4.75. The normalized spacial score (nSPS) is 17.8. The van der Waals surface area contributed by atoms with Gasteiger partial charge in [-0.05, 0) is 31.9 Å². The van der Waals surface area contributed by atoms with E-state index in [4.69, 9.17) is 0 Å². The molecule has 25 heavy (non-hydrogen) atoms. The molecule has 0 radical (unpaired) electrons. The molecule has 0 bridgehead atoms. The summed E-state index contributed by atoms with van der Waals surface area (Å²) in [4.78, 5) is 17.9. The Labute approximate surface area is 145 Å². The molecule has 6 heteroatoms. The molecule has 1 N–H and O–H groups in total. The van der Waals surface area contributed by atoms with Gasteiger partial charge >= 0.3 is 5.97 Å². The van der Waals surface area contributed by atoms with E-state index in [9.17, 15) is 9.90 Å². The summed E-state index contributed by atoms with van der Waals surface area (Å²) in [6, 6.07) is 10.3. The summed E-state index contributed by atoms with van der Waals surface area (Å²) >= 11 is 0. The Morgan fingerprint density at radius 3 is 3.00 bits per heavy atom. The molecule has 0 aliphatic carbocycles. The van der Waals surface area contributed by atoms with Crippen LogP contribution in [-0.2, 0) is 4.79 Å². The molecule has 1 aliphatic heterocycles. The molecule has 3 heterocycles. The molecule has 1 aromatic carbocycles. The van der Waals surface area contributed by atoms with Crippen molar-refractivity contribution in [3.05, 3.63) is 48.3 Å². The lowest BCUT2D eigenvalue weighted by Gasteiger charge is -2.31. The number of carboxylic acid groups (broad SMARTS) is 1. The highest BCUT2D eigenvalue weighted by molar-refractivity contribution is 5.77. The highest BCUT2D eigenvalue weighted by Crippen LogP contribution is 2.28. The Morgan fingerprint density at radius 1 is 1.32 bits per heavy atom. The Kier molecular flexibility index (Phi) is 3.87. The van der Waals surface area contributed by atoms with Gasteiger partial charge in [0, 0.05) is 31.0 Å². The first-order valence-corrected chi connectivity index (χ1v) is 8.51. The number of rotatable bonds is 3. The van der Waals surface area contributed by atoms with E-state index < -0.39 is 5.97 Å². The van der Waals surface area contributed by atoms with Crippen molar-refractivity contribution in [2.75, 3.05) is 18.0 Å². The minimum atomic E-state index is -0.731. The summed E-state index contributed by atoms with van der Waals surface area (Å²) in [7, 11) is 0. The van der Waals surface area contributed by atoms with Crippen LogP contribution in [0.15, 0.2) is 42.7 Å². The largest absolute Gasteiger partial charge is 0.481 e. The topological polar surface area (TPSA) is 70.7 Å². The van der Waals surface area contributed by atoms with Gasteiger partial charge in [0.2, 0.25) is 0 Å². The maximum Gasteiger partial charge on any atom is 0.308 e. The van der Waals surface area contributed by atoms with Crippen LogP contribution in [0.25, 0.3) is 16.8 Å². The predicted octanol–water partition coefficient (Wildman–Crippen LogP) is 3.01. The monoisotopic (exact) mass is 336 g/mol. The fourth-order valence-corrected chi connectivity index (χ4v) is 3.47. The summed E-state index contributed by atoms with van der Waals surface area (Å²) in [5, 5.41) is 14.0. The van der Waals surface area contributed by atoms with Gasteiger partial charge in [-0.3, -0.25) is 4.79 Å². The molecule has 1 saturated heterocycles. The zero-order valence-electron chi connectivity index (χ0n) is 14.1. The lowest BCUT2D eigenvalue weighted by Crippen LogP contribution is -2.39. The average Bonchev–Trinajstić information content (AvgIpc) is 3.06. The van der Waals surface area contributed by atoms with Gasteiger partial charge in [-0.15, -0.1) is 0 Å². The van der Waals surface area contributed by atoms with Gasteiger partial charge < -0.3 is 10.0 Å². The van der Waals surface area contributed by atoms with Crippen molar-refractivity contribution < 1.29 is 9.90 Å². The SMILES string of the molecule is Cc1cccc(-c2cc3c(N4CCCC(C(=O)O)C4)nccn3n2)c1. The number of hydrogen-bond acceptors (Lipinski definition) is 4. The van der Waals surface area contributed by atoms with Crippen molar-refractivity contribution >= 4 is 17.3 Å². The maximum atomic E-state index is 11.4. The van der Waals surface area contributed by atoms with E-state index in [1.54, 1.807) is 6.20 Å². The van der Waals surface area contributed by atoms with Gasteiger partial charge in [0.1, 0.15) is 5.52 Å². The van der Waals surface area contributed by atoms with Crippen LogP contribution in [-0.4, -0.2) is 38.8 Å². The number of benzene rings is 1. The quantitative estimate of drug-likeness (QED) is 0.796. The van der Waals surface area contributed by atoms with E-state index in [1.807, 2.05) is 28.9 Å². The zero-order valence-corrected chi connectivity index (χ0v) is 14.1. The molecule has 0 spiro atoms. The highest BCUT2D eigenvalue weighted by Gasteiger charge is 2.27. The van der Waals surface area contributed by atoms with Crippen molar-refractivity contribution in [1.82, 2.24) is 14.6 Å². The van der Waals surface area contributed by atoms with Crippen molar-refractivity contribution in [1.29, 1.82) is 0 Å². The number of anilines is 1. The number of nitrogens with zero attached hydrogens (tertiary/aromatic N) is 4. The number of aromatic nitrogens is 3. The van der Waals surface area contributed by atoms with Gasteiger partial charge in [-0.1, -0.05) is 23.8 Å². The third-order valence-electron chi connectivity index (χ3n) is 4.75. The zero-order chi connectivity index (χ0) is 17.4. The van der Waals surface area contributed by atoms with E-state index in [1.165, 1.54) is 5.56 Å². The second-order valence-corrected chi connectivity index (χ2v) is 6.60. The smallest absolute Gasteiger partial charge is 0.308 e. The van der Waals surface area contributed by atoms with Crippen LogP contribution in [0.2, 0.25) is 0 Å². The number of aliphatic carboxylic acids is 1. The van der Waals surface area contributed by atoms with E-state index in [-0.39, 0.29) is 5.92 Å². The third kappa shape index (κ3) is 2.95. The summed E-state index contributed by atoms with van der Waals surface area (Å²) in [5.41, 5.74) is 4.06. The second kappa shape index (κ2) is 6.20. The molecule has 6 nitrogen and oxygen atoms in total. The molecule has 1 atom stereocenters. The molecule has 1 unspecified atom stereocenters. The number of fused-ring (bicyclic) bond motifs is 1. The molecule has 2 aromatic heterocycles. The molecule has 3 aromatic rings. The fraction of sp³-hybridized carbons (Fsp3) is 0.316. The van der Waals surface area contributed by atoms with Crippen LogP contribution in [0, 0.1) is 12.8 Å². The maximum absolute atomic E-state index is 11.4. The standard InChI is InChI=1S/C19H20N4O2/c1-13-4-2-5-14(10-13)16-11-17-18(20-7-9-23(17)21-16)22-8-3-6-15(12-22)19(24)25/h2,4-5,7,9-11,15H,3,6,8,12H2,1H3,(H,24,25). The highest BCUT2D eigenvalue weighted by atomic mass is 16.4. The average molecular weight is 336 g/mol. The first-order valence-electron chi connectivity index (χ1n) is 8.51. The van der Waals surface area contributed by atoms with Crippen molar-refractivity contribution in [2.24, 2.45) is 5.92 Å². The molecular weight excluding hydrogens is 316 g/mol. The van der Waals surface area contributed by atoms with Gasteiger partial charge in [0.05, 0.1) is 11.6 Å². The summed E-state index contributed by atoms with van der Waals surface area (Å²) in [5.74, 6) is -0.263. The van der Waals surface area contributed by atoms with Crippen LogP contribution in [0.5, 0.6) is 0 Å². The van der Waals surface area contributed by atoms with Crippen LogP contribution < -0.4 is 4.90 Å². The molecule has 128 valence electrons. The lowest BCUT2D eigenvalue weighted by molar-refractivity contribution is -0.141. The number of hydrogen-bond donors (Lipinski definition) is 1. The molecule has 1 aliphatic rings. The molecule has 4 rings (SSSR count). The van der Waals surface area contributed by atoms with Crippen molar-refractivity contribution in [3.8, 4) is 11.3 Å². The molecule has 1 fully saturated rings. The minimum Gasteiger partial charge on any atom is -0.481 e. The summed E-state index contributed by atoms with van der Waals surface area (Å²) < 4.78 is 1.82. The van der Waals surface area contributed by atoms with Crippen LogP contribution >= 0.6 is 0 Å². The second-order valence-electron chi connectivity index (χ2n) is 6.60. The van der Waals surface area contributed by atoms with Crippen LogP contribution in [0.3, 0.4) is 0 Å². The number of aryl methyl sites for hydroxylation is 1. The van der Waals surface area contributed by atoms with E-state index in [0.29, 0.717) is 6.54 Å². The molecular formula is C19H20N4O2.